The van der Waals surface area contributed by atoms with Crippen LogP contribution in [0.5, 0.6) is 0 Å². The lowest BCUT2D eigenvalue weighted by atomic mass is 9.99. The standard InChI is InChI=1S/C19H22ClN/c1-13-3-5-15(6-4-13)14(2)21-19(16-7-8-16)17-9-11-18(20)12-10-17/h3-6,9-12,14,16,19,21H,7-8H2,1-2H3/t14-,19?/m0/s1. The maximum absolute atomic E-state index is 6.01. The predicted molar refractivity (Wildman–Crippen MR) is 89.6 cm³/mol. The van der Waals surface area contributed by atoms with Gasteiger partial charge in [-0.3, -0.25) is 0 Å². The molecule has 0 spiro atoms. The van der Waals surface area contributed by atoms with Crippen LogP contribution in [-0.4, -0.2) is 0 Å². The van der Waals surface area contributed by atoms with E-state index in [1.165, 1.54) is 29.5 Å². The molecule has 110 valence electrons. The van der Waals surface area contributed by atoms with E-state index >= 15 is 0 Å². The van der Waals surface area contributed by atoms with E-state index in [0.717, 1.165) is 10.9 Å². The molecule has 1 fully saturated rings. The molecule has 0 heterocycles. The highest BCUT2D eigenvalue weighted by atomic mass is 35.5. The van der Waals surface area contributed by atoms with Crippen LogP contribution in [0, 0.1) is 12.8 Å². The first-order valence-electron chi connectivity index (χ1n) is 7.71. The second-order valence-corrected chi connectivity index (χ2v) is 6.60. The molecule has 0 radical (unpaired) electrons. The van der Waals surface area contributed by atoms with Gasteiger partial charge in [0, 0.05) is 17.1 Å². The van der Waals surface area contributed by atoms with Crippen LogP contribution >= 0.6 is 11.6 Å². The third kappa shape index (κ3) is 3.66. The average Bonchev–Trinajstić information content (AvgIpc) is 3.31. The highest BCUT2D eigenvalue weighted by molar-refractivity contribution is 6.30. The Morgan fingerprint density at radius 1 is 0.952 bits per heavy atom. The fraction of sp³-hybridized carbons (Fsp3) is 0.368. The van der Waals surface area contributed by atoms with E-state index in [1.807, 2.05) is 12.1 Å². The zero-order valence-electron chi connectivity index (χ0n) is 12.6. The number of benzene rings is 2. The molecule has 1 N–H and O–H groups in total. The van der Waals surface area contributed by atoms with Gasteiger partial charge < -0.3 is 5.32 Å². The van der Waals surface area contributed by atoms with E-state index < -0.39 is 0 Å². The van der Waals surface area contributed by atoms with Gasteiger partial charge in [0.05, 0.1) is 0 Å². The zero-order chi connectivity index (χ0) is 14.8. The lowest BCUT2D eigenvalue weighted by Crippen LogP contribution is -2.26. The number of nitrogens with one attached hydrogen (secondary N) is 1. The number of rotatable bonds is 5. The molecular weight excluding hydrogens is 278 g/mol. The van der Waals surface area contributed by atoms with Gasteiger partial charge in [-0.15, -0.1) is 0 Å². The maximum Gasteiger partial charge on any atom is 0.0406 e. The molecule has 2 atom stereocenters. The van der Waals surface area contributed by atoms with Gasteiger partial charge >= 0.3 is 0 Å². The van der Waals surface area contributed by atoms with Crippen molar-refractivity contribution in [2.75, 3.05) is 0 Å². The Kier molecular flexibility index (Phi) is 4.32. The van der Waals surface area contributed by atoms with Crippen LogP contribution in [0.2, 0.25) is 5.02 Å². The van der Waals surface area contributed by atoms with Crippen LogP contribution in [0.3, 0.4) is 0 Å². The van der Waals surface area contributed by atoms with Crippen LogP contribution in [0.15, 0.2) is 48.5 Å². The fourth-order valence-corrected chi connectivity index (χ4v) is 2.95. The van der Waals surface area contributed by atoms with Crippen LogP contribution in [0.1, 0.15) is 48.5 Å². The third-order valence-electron chi connectivity index (χ3n) is 4.33. The summed E-state index contributed by atoms with van der Waals surface area (Å²) in [5.74, 6) is 0.763. The van der Waals surface area contributed by atoms with Crippen molar-refractivity contribution in [3.8, 4) is 0 Å². The van der Waals surface area contributed by atoms with Crippen LogP contribution in [-0.2, 0) is 0 Å². The Morgan fingerprint density at radius 3 is 2.10 bits per heavy atom. The first-order valence-corrected chi connectivity index (χ1v) is 8.09. The van der Waals surface area contributed by atoms with Crippen molar-refractivity contribution < 1.29 is 0 Å². The highest BCUT2D eigenvalue weighted by Crippen LogP contribution is 2.42. The van der Waals surface area contributed by atoms with Crippen molar-refractivity contribution in [3.63, 3.8) is 0 Å². The minimum atomic E-state index is 0.354. The van der Waals surface area contributed by atoms with Gasteiger partial charge in [-0.25, -0.2) is 0 Å². The minimum Gasteiger partial charge on any atom is -0.303 e. The minimum absolute atomic E-state index is 0.354. The van der Waals surface area contributed by atoms with E-state index in [4.69, 9.17) is 11.6 Å². The van der Waals surface area contributed by atoms with Crippen molar-refractivity contribution in [2.24, 2.45) is 5.92 Å². The molecule has 0 amide bonds. The summed E-state index contributed by atoms with van der Waals surface area (Å²) in [4.78, 5) is 0. The molecule has 0 bridgehead atoms. The van der Waals surface area contributed by atoms with Gasteiger partial charge in [-0.2, -0.15) is 0 Å². The van der Waals surface area contributed by atoms with Crippen molar-refractivity contribution >= 4 is 11.6 Å². The second kappa shape index (κ2) is 6.21. The van der Waals surface area contributed by atoms with Crippen molar-refractivity contribution in [1.82, 2.24) is 5.32 Å². The summed E-state index contributed by atoms with van der Waals surface area (Å²) in [6.07, 6.45) is 2.64. The monoisotopic (exact) mass is 299 g/mol. The van der Waals surface area contributed by atoms with Gasteiger partial charge in [0.15, 0.2) is 0 Å². The second-order valence-electron chi connectivity index (χ2n) is 6.17. The number of hydrogen-bond acceptors (Lipinski definition) is 1. The fourth-order valence-electron chi connectivity index (χ4n) is 2.82. The maximum atomic E-state index is 6.01. The van der Waals surface area contributed by atoms with Crippen molar-refractivity contribution in [3.05, 3.63) is 70.2 Å². The molecule has 0 aromatic heterocycles. The summed E-state index contributed by atoms with van der Waals surface area (Å²) >= 11 is 6.01. The van der Waals surface area contributed by atoms with Crippen molar-refractivity contribution in [2.45, 2.75) is 38.8 Å². The smallest absolute Gasteiger partial charge is 0.0406 e. The normalized spacial score (nSPS) is 17.5. The lowest BCUT2D eigenvalue weighted by molar-refractivity contribution is 0.427. The van der Waals surface area contributed by atoms with E-state index in [2.05, 4.69) is 55.6 Å². The first-order chi connectivity index (χ1) is 10.1. The summed E-state index contributed by atoms with van der Waals surface area (Å²) in [6.45, 7) is 4.37. The van der Waals surface area contributed by atoms with E-state index in [0.29, 0.717) is 12.1 Å². The first kappa shape index (κ1) is 14.6. The number of halogens is 1. The zero-order valence-corrected chi connectivity index (χ0v) is 13.4. The Morgan fingerprint density at radius 2 is 1.52 bits per heavy atom. The molecule has 1 nitrogen and oxygen atoms in total. The van der Waals surface area contributed by atoms with Crippen LogP contribution < -0.4 is 5.32 Å². The number of aryl methyl sites for hydroxylation is 1. The van der Waals surface area contributed by atoms with Gasteiger partial charge in [-0.05, 0) is 55.9 Å². The predicted octanol–water partition coefficient (Wildman–Crippen LogP) is 5.45. The van der Waals surface area contributed by atoms with E-state index in [-0.39, 0.29) is 0 Å². The SMILES string of the molecule is Cc1ccc([C@H](C)NC(c2ccc(Cl)cc2)C2CC2)cc1. The average molecular weight is 300 g/mol. The van der Waals surface area contributed by atoms with Gasteiger partial charge in [-0.1, -0.05) is 53.6 Å². The van der Waals surface area contributed by atoms with Crippen LogP contribution in [0.25, 0.3) is 0 Å². The Hall–Kier alpha value is -1.31. The number of hydrogen-bond donors (Lipinski definition) is 1. The molecule has 1 aliphatic carbocycles. The molecule has 3 rings (SSSR count). The molecule has 1 aliphatic rings. The Balaban J connectivity index is 1.76. The highest BCUT2D eigenvalue weighted by Gasteiger charge is 2.33. The van der Waals surface area contributed by atoms with E-state index in [9.17, 15) is 0 Å². The lowest BCUT2D eigenvalue weighted by Gasteiger charge is -2.24. The third-order valence-corrected chi connectivity index (χ3v) is 4.58. The summed E-state index contributed by atoms with van der Waals surface area (Å²) in [7, 11) is 0. The molecular formula is C19H22ClN. The summed E-state index contributed by atoms with van der Waals surface area (Å²) in [5, 5.41) is 4.61. The quantitative estimate of drug-likeness (QED) is 0.774. The molecule has 0 saturated heterocycles. The van der Waals surface area contributed by atoms with E-state index in [1.54, 1.807) is 0 Å². The molecule has 2 aromatic carbocycles. The van der Waals surface area contributed by atoms with Gasteiger partial charge in [0.25, 0.3) is 0 Å². The van der Waals surface area contributed by atoms with Crippen LogP contribution in [0.4, 0.5) is 0 Å². The molecule has 2 aromatic rings. The summed E-state index contributed by atoms with van der Waals surface area (Å²) in [5.41, 5.74) is 4.00. The molecule has 1 unspecified atom stereocenters. The summed E-state index contributed by atoms with van der Waals surface area (Å²) in [6, 6.07) is 17.9. The van der Waals surface area contributed by atoms with Crippen molar-refractivity contribution in [1.29, 1.82) is 0 Å². The topological polar surface area (TPSA) is 12.0 Å². The van der Waals surface area contributed by atoms with Gasteiger partial charge in [0.1, 0.15) is 0 Å². The largest absolute Gasteiger partial charge is 0.303 e. The molecule has 21 heavy (non-hydrogen) atoms. The Bertz CT molecular complexity index is 584. The van der Waals surface area contributed by atoms with Gasteiger partial charge in [0.2, 0.25) is 0 Å². The Labute approximate surface area is 132 Å². The molecule has 2 heteroatoms. The molecule has 1 saturated carbocycles. The molecule has 0 aliphatic heterocycles. The summed E-state index contributed by atoms with van der Waals surface area (Å²) < 4.78 is 0.